The van der Waals surface area contributed by atoms with E-state index in [9.17, 15) is 0 Å². The maximum Gasteiger partial charge on any atom is 0.162 e. The highest BCUT2D eigenvalue weighted by Crippen LogP contribution is 2.29. The zero-order chi connectivity index (χ0) is 13.2. The molecular formula is C14H17N5. The minimum Gasteiger partial charge on any atom is -0.308 e. The first-order valence-electron chi connectivity index (χ1n) is 6.63. The highest BCUT2D eigenvalue weighted by Gasteiger charge is 2.20. The molecule has 5 nitrogen and oxygen atoms in total. The lowest BCUT2D eigenvalue weighted by Crippen LogP contribution is -2.13. The maximum absolute atomic E-state index is 5.59. The summed E-state index contributed by atoms with van der Waals surface area (Å²) >= 11 is 0. The fraction of sp³-hybridized carbons (Fsp3) is 0.357. The number of rotatable bonds is 3. The minimum absolute atomic E-state index is 0.743. The van der Waals surface area contributed by atoms with Gasteiger partial charge in [-0.05, 0) is 37.3 Å². The number of fused-ring (bicyclic) bond motifs is 1. The molecule has 0 aliphatic heterocycles. The topological polar surface area (TPSA) is 76.7 Å². The molecule has 2 heterocycles. The lowest BCUT2D eigenvalue weighted by atomic mass is 10.1. The SMILES string of the molecule is CCc1cnccc1-c1nc2c(c(NN)n1)CCC2. The Morgan fingerprint density at radius 1 is 1.32 bits per heavy atom. The number of nitrogens with one attached hydrogen (secondary N) is 1. The van der Waals surface area contributed by atoms with Crippen molar-refractivity contribution in [3.63, 3.8) is 0 Å². The maximum atomic E-state index is 5.59. The molecule has 3 rings (SSSR count). The molecule has 0 bridgehead atoms. The van der Waals surface area contributed by atoms with Gasteiger partial charge < -0.3 is 5.43 Å². The molecule has 2 aromatic rings. The Bertz CT molecular complexity index is 609. The van der Waals surface area contributed by atoms with Crippen LogP contribution in [0.25, 0.3) is 11.4 Å². The molecule has 5 heteroatoms. The van der Waals surface area contributed by atoms with Gasteiger partial charge in [-0.2, -0.15) is 0 Å². The summed E-state index contributed by atoms with van der Waals surface area (Å²) in [4.78, 5) is 13.4. The van der Waals surface area contributed by atoms with Crippen molar-refractivity contribution in [1.82, 2.24) is 15.0 Å². The molecule has 1 aliphatic rings. The van der Waals surface area contributed by atoms with Crippen molar-refractivity contribution in [3.05, 3.63) is 35.3 Å². The van der Waals surface area contributed by atoms with E-state index in [2.05, 4.69) is 22.3 Å². The summed E-state index contributed by atoms with van der Waals surface area (Å²) in [5, 5.41) is 0. The summed E-state index contributed by atoms with van der Waals surface area (Å²) in [5.41, 5.74) is 7.20. The first-order valence-corrected chi connectivity index (χ1v) is 6.63. The first kappa shape index (κ1) is 12.0. The number of hydrogen-bond donors (Lipinski definition) is 2. The number of nitrogens with two attached hydrogens (primary N) is 1. The van der Waals surface area contributed by atoms with Crippen molar-refractivity contribution in [3.8, 4) is 11.4 Å². The van der Waals surface area contributed by atoms with E-state index in [1.807, 2.05) is 12.3 Å². The third-order valence-corrected chi connectivity index (χ3v) is 3.60. The molecule has 0 aromatic carbocycles. The number of nitrogen functional groups attached to an aromatic ring is 1. The van der Waals surface area contributed by atoms with Gasteiger partial charge in [-0.3, -0.25) is 4.98 Å². The second kappa shape index (κ2) is 4.93. The summed E-state index contributed by atoms with van der Waals surface area (Å²) in [6, 6.07) is 1.97. The Balaban J connectivity index is 2.15. The molecule has 0 amide bonds. The average molecular weight is 255 g/mol. The van der Waals surface area contributed by atoms with E-state index in [0.29, 0.717) is 0 Å². The highest BCUT2D eigenvalue weighted by atomic mass is 15.3. The number of hydrogen-bond acceptors (Lipinski definition) is 5. The molecule has 0 unspecified atom stereocenters. The van der Waals surface area contributed by atoms with E-state index in [4.69, 9.17) is 10.8 Å². The Kier molecular flexibility index (Phi) is 3.13. The number of aromatic nitrogens is 3. The second-order valence-electron chi connectivity index (χ2n) is 4.71. The molecule has 3 N–H and O–H groups in total. The fourth-order valence-electron chi connectivity index (χ4n) is 2.60. The van der Waals surface area contributed by atoms with Crippen LogP contribution < -0.4 is 11.3 Å². The zero-order valence-electron chi connectivity index (χ0n) is 11.0. The molecule has 2 aromatic heterocycles. The molecule has 0 saturated heterocycles. The third-order valence-electron chi connectivity index (χ3n) is 3.60. The van der Waals surface area contributed by atoms with E-state index in [1.165, 1.54) is 5.56 Å². The van der Waals surface area contributed by atoms with Crippen molar-refractivity contribution in [2.24, 2.45) is 5.84 Å². The van der Waals surface area contributed by atoms with E-state index in [0.717, 1.165) is 54.1 Å². The van der Waals surface area contributed by atoms with Crippen molar-refractivity contribution in [2.45, 2.75) is 32.6 Å². The van der Waals surface area contributed by atoms with Crippen LogP contribution in [0.3, 0.4) is 0 Å². The quantitative estimate of drug-likeness (QED) is 0.647. The van der Waals surface area contributed by atoms with Crippen LogP contribution in [0.4, 0.5) is 5.82 Å². The average Bonchev–Trinajstić information content (AvgIpc) is 2.94. The summed E-state index contributed by atoms with van der Waals surface area (Å²) in [6.45, 7) is 2.11. The molecule has 1 aliphatic carbocycles. The largest absolute Gasteiger partial charge is 0.308 e. The standard InChI is InChI=1S/C14H17N5/c1-2-9-8-16-7-6-10(9)13-17-12-5-3-4-11(12)14(18-13)19-15/h6-8H,2-5,15H2,1H3,(H,17,18,19). The van der Waals surface area contributed by atoms with Gasteiger partial charge in [-0.25, -0.2) is 15.8 Å². The van der Waals surface area contributed by atoms with Gasteiger partial charge in [-0.1, -0.05) is 6.92 Å². The Morgan fingerprint density at radius 2 is 2.21 bits per heavy atom. The van der Waals surface area contributed by atoms with Crippen LogP contribution in [0.2, 0.25) is 0 Å². The Morgan fingerprint density at radius 3 is 3.00 bits per heavy atom. The summed E-state index contributed by atoms with van der Waals surface area (Å²) < 4.78 is 0. The van der Waals surface area contributed by atoms with Crippen LogP contribution in [0.15, 0.2) is 18.5 Å². The van der Waals surface area contributed by atoms with E-state index in [-0.39, 0.29) is 0 Å². The predicted molar refractivity (Wildman–Crippen MR) is 74.5 cm³/mol. The third kappa shape index (κ3) is 2.06. The van der Waals surface area contributed by atoms with E-state index >= 15 is 0 Å². The van der Waals surface area contributed by atoms with Gasteiger partial charge >= 0.3 is 0 Å². The van der Waals surface area contributed by atoms with Crippen LogP contribution in [0, 0.1) is 0 Å². The van der Waals surface area contributed by atoms with Crippen LogP contribution in [-0.2, 0) is 19.3 Å². The highest BCUT2D eigenvalue weighted by molar-refractivity contribution is 5.63. The number of anilines is 1. The molecule has 0 saturated carbocycles. The lowest BCUT2D eigenvalue weighted by molar-refractivity contribution is 0.899. The molecule has 0 fully saturated rings. The molecule has 0 spiro atoms. The predicted octanol–water partition coefficient (Wildman–Crippen LogP) is 1.88. The van der Waals surface area contributed by atoms with Crippen molar-refractivity contribution in [1.29, 1.82) is 0 Å². The van der Waals surface area contributed by atoms with Crippen LogP contribution in [0.5, 0.6) is 0 Å². The molecule has 0 atom stereocenters. The van der Waals surface area contributed by atoms with Crippen molar-refractivity contribution < 1.29 is 0 Å². The van der Waals surface area contributed by atoms with Crippen molar-refractivity contribution >= 4 is 5.82 Å². The Hall–Kier alpha value is -2.01. The first-order chi connectivity index (χ1) is 9.33. The number of nitrogens with zero attached hydrogens (tertiary/aromatic N) is 3. The minimum atomic E-state index is 0.743. The second-order valence-corrected chi connectivity index (χ2v) is 4.71. The fourth-order valence-corrected chi connectivity index (χ4v) is 2.60. The molecular weight excluding hydrogens is 238 g/mol. The van der Waals surface area contributed by atoms with Gasteiger partial charge in [0.1, 0.15) is 5.82 Å². The van der Waals surface area contributed by atoms with Gasteiger partial charge in [0.25, 0.3) is 0 Å². The summed E-state index contributed by atoms with van der Waals surface area (Å²) in [6.07, 6.45) is 7.70. The van der Waals surface area contributed by atoms with E-state index < -0.39 is 0 Å². The molecule has 0 radical (unpaired) electrons. The Labute approximate surface area is 112 Å². The number of hydrazine groups is 1. The van der Waals surface area contributed by atoms with Gasteiger partial charge in [0, 0.05) is 29.2 Å². The van der Waals surface area contributed by atoms with Gasteiger partial charge in [-0.15, -0.1) is 0 Å². The number of aryl methyl sites for hydroxylation is 2. The van der Waals surface area contributed by atoms with Crippen molar-refractivity contribution in [2.75, 3.05) is 5.43 Å². The lowest BCUT2D eigenvalue weighted by Gasteiger charge is -2.11. The summed E-state index contributed by atoms with van der Waals surface area (Å²) in [5.74, 6) is 7.09. The van der Waals surface area contributed by atoms with Crippen LogP contribution in [-0.4, -0.2) is 15.0 Å². The van der Waals surface area contributed by atoms with Crippen LogP contribution in [0.1, 0.15) is 30.2 Å². The zero-order valence-corrected chi connectivity index (χ0v) is 11.0. The summed E-state index contributed by atoms with van der Waals surface area (Å²) in [7, 11) is 0. The number of pyridine rings is 1. The van der Waals surface area contributed by atoms with Crippen LogP contribution >= 0.6 is 0 Å². The van der Waals surface area contributed by atoms with Gasteiger partial charge in [0.05, 0.1) is 0 Å². The normalized spacial score (nSPS) is 13.4. The molecule has 19 heavy (non-hydrogen) atoms. The van der Waals surface area contributed by atoms with Gasteiger partial charge in [0.15, 0.2) is 5.82 Å². The van der Waals surface area contributed by atoms with E-state index in [1.54, 1.807) is 6.20 Å². The smallest absolute Gasteiger partial charge is 0.162 e. The molecule has 98 valence electrons. The van der Waals surface area contributed by atoms with Gasteiger partial charge in [0.2, 0.25) is 0 Å². The monoisotopic (exact) mass is 255 g/mol.